The summed E-state index contributed by atoms with van der Waals surface area (Å²) in [6, 6.07) is 4.15. The van der Waals surface area contributed by atoms with Gasteiger partial charge in [0.2, 0.25) is 0 Å². The highest BCUT2D eigenvalue weighted by Crippen LogP contribution is 2.28. The molecule has 2 atom stereocenters. The molecule has 104 valence electrons. The van der Waals surface area contributed by atoms with Gasteiger partial charge in [-0.3, -0.25) is 4.79 Å². The predicted molar refractivity (Wildman–Crippen MR) is 67.1 cm³/mol. The zero-order chi connectivity index (χ0) is 14.0. The standard InChI is InChI=1S/C13H17NO5/c1-8-5-14(6-9(7-15)19-8)13(18)12-10(16)3-2-4-11(12)17/h2-4,8-9,15-17H,5-7H2,1H3. The Balaban J connectivity index is 2.24. The smallest absolute Gasteiger partial charge is 0.261 e. The van der Waals surface area contributed by atoms with Gasteiger partial charge in [0.25, 0.3) is 5.91 Å². The first kappa shape index (κ1) is 13.6. The summed E-state index contributed by atoms with van der Waals surface area (Å²) in [6.45, 7) is 2.20. The average molecular weight is 267 g/mol. The number of phenols is 2. The van der Waals surface area contributed by atoms with Crippen molar-refractivity contribution in [1.82, 2.24) is 4.90 Å². The Bertz CT molecular complexity index is 456. The molecular weight excluding hydrogens is 250 g/mol. The van der Waals surface area contributed by atoms with Gasteiger partial charge in [-0.1, -0.05) is 6.07 Å². The van der Waals surface area contributed by atoms with Gasteiger partial charge in [0.15, 0.2) is 0 Å². The molecule has 1 aliphatic rings. The normalized spacial score (nSPS) is 23.4. The third kappa shape index (κ3) is 2.80. The number of ether oxygens (including phenoxy) is 1. The number of aliphatic hydroxyl groups is 1. The summed E-state index contributed by atoms with van der Waals surface area (Å²) in [5, 5.41) is 28.5. The predicted octanol–water partition coefficient (Wildman–Crippen LogP) is 0.320. The molecule has 2 rings (SSSR count). The Morgan fingerprint density at radius 1 is 1.37 bits per heavy atom. The van der Waals surface area contributed by atoms with Crippen molar-refractivity contribution in [2.24, 2.45) is 0 Å². The lowest BCUT2D eigenvalue weighted by atomic mass is 10.1. The lowest BCUT2D eigenvalue weighted by molar-refractivity contribution is -0.0859. The summed E-state index contributed by atoms with van der Waals surface area (Å²) in [4.78, 5) is 13.8. The fourth-order valence-corrected chi connectivity index (χ4v) is 2.22. The van der Waals surface area contributed by atoms with Gasteiger partial charge in [-0.15, -0.1) is 0 Å². The number of carbonyl (C=O) groups excluding carboxylic acids is 1. The number of rotatable bonds is 2. The highest BCUT2D eigenvalue weighted by atomic mass is 16.5. The van der Waals surface area contributed by atoms with Crippen molar-refractivity contribution in [2.75, 3.05) is 19.7 Å². The van der Waals surface area contributed by atoms with Crippen LogP contribution in [0.3, 0.4) is 0 Å². The lowest BCUT2D eigenvalue weighted by Crippen LogP contribution is -2.50. The van der Waals surface area contributed by atoms with E-state index in [0.717, 1.165) is 0 Å². The zero-order valence-electron chi connectivity index (χ0n) is 10.6. The van der Waals surface area contributed by atoms with Crippen LogP contribution >= 0.6 is 0 Å². The number of hydrogen-bond donors (Lipinski definition) is 3. The van der Waals surface area contributed by atoms with Gasteiger partial charge in [0.05, 0.1) is 18.8 Å². The van der Waals surface area contributed by atoms with Crippen LogP contribution < -0.4 is 0 Å². The van der Waals surface area contributed by atoms with Gasteiger partial charge in [0, 0.05) is 13.1 Å². The van der Waals surface area contributed by atoms with E-state index in [1.54, 1.807) is 6.92 Å². The minimum absolute atomic E-state index is 0.117. The van der Waals surface area contributed by atoms with E-state index in [4.69, 9.17) is 9.84 Å². The average Bonchev–Trinajstić information content (AvgIpc) is 2.37. The molecule has 2 unspecified atom stereocenters. The quantitative estimate of drug-likeness (QED) is 0.718. The fourth-order valence-electron chi connectivity index (χ4n) is 2.22. The van der Waals surface area contributed by atoms with Gasteiger partial charge in [-0.2, -0.15) is 0 Å². The molecule has 1 heterocycles. The fraction of sp³-hybridized carbons (Fsp3) is 0.462. The minimum Gasteiger partial charge on any atom is -0.507 e. The maximum absolute atomic E-state index is 12.3. The molecule has 3 N–H and O–H groups in total. The number of aromatic hydroxyl groups is 2. The second-order valence-electron chi connectivity index (χ2n) is 4.63. The highest BCUT2D eigenvalue weighted by Gasteiger charge is 2.30. The summed E-state index contributed by atoms with van der Waals surface area (Å²) in [5.74, 6) is -0.987. The van der Waals surface area contributed by atoms with Crippen molar-refractivity contribution >= 4 is 5.91 Å². The van der Waals surface area contributed by atoms with Crippen LogP contribution in [0.5, 0.6) is 11.5 Å². The summed E-state index contributed by atoms with van der Waals surface area (Å²) in [5.41, 5.74) is -0.117. The van der Waals surface area contributed by atoms with Gasteiger partial charge >= 0.3 is 0 Å². The first-order valence-corrected chi connectivity index (χ1v) is 6.09. The number of aliphatic hydroxyl groups excluding tert-OH is 1. The van der Waals surface area contributed by atoms with Gasteiger partial charge in [-0.05, 0) is 19.1 Å². The van der Waals surface area contributed by atoms with Crippen molar-refractivity contribution in [1.29, 1.82) is 0 Å². The molecule has 6 heteroatoms. The topological polar surface area (TPSA) is 90.2 Å². The Labute approximate surface area is 110 Å². The molecule has 1 aromatic rings. The molecule has 1 aliphatic heterocycles. The van der Waals surface area contributed by atoms with E-state index in [2.05, 4.69) is 0 Å². The maximum Gasteiger partial charge on any atom is 0.261 e. The molecule has 19 heavy (non-hydrogen) atoms. The van der Waals surface area contributed by atoms with Gasteiger partial charge < -0.3 is 25.0 Å². The van der Waals surface area contributed by atoms with E-state index in [1.807, 2.05) is 0 Å². The van der Waals surface area contributed by atoms with E-state index in [0.29, 0.717) is 6.54 Å². The highest BCUT2D eigenvalue weighted by molar-refractivity contribution is 5.99. The van der Waals surface area contributed by atoms with Crippen LogP contribution in [0.25, 0.3) is 0 Å². The Kier molecular flexibility index (Phi) is 3.92. The van der Waals surface area contributed by atoms with Gasteiger partial charge in [0.1, 0.15) is 17.1 Å². The Morgan fingerprint density at radius 2 is 2.00 bits per heavy atom. The molecule has 6 nitrogen and oxygen atoms in total. The third-order valence-corrected chi connectivity index (χ3v) is 3.05. The number of carbonyl (C=O) groups is 1. The molecule has 0 aliphatic carbocycles. The van der Waals surface area contributed by atoms with E-state index >= 15 is 0 Å². The summed E-state index contributed by atoms with van der Waals surface area (Å²) in [7, 11) is 0. The van der Waals surface area contributed by atoms with Crippen molar-refractivity contribution < 1.29 is 24.9 Å². The van der Waals surface area contributed by atoms with Crippen LogP contribution in [0, 0.1) is 0 Å². The zero-order valence-corrected chi connectivity index (χ0v) is 10.6. The Morgan fingerprint density at radius 3 is 2.58 bits per heavy atom. The molecule has 0 aromatic heterocycles. The van der Waals surface area contributed by atoms with E-state index in [1.165, 1.54) is 23.1 Å². The summed E-state index contributed by atoms with van der Waals surface area (Å²) >= 11 is 0. The number of nitrogens with zero attached hydrogens (tertiary/aromatic N) is 1. The molecule has 1 fully saturated rings. The second-order valence-corrected chi connectivity index (χ2v) is 4.63. The monoisotopic (exact) mass is 267 g/mol. The number of benzene rings is 1. The van der Waals surface area contributed by atoms with Crippen LogP contribution in [0.1, 0.15) is 17.3 Å². The molecular formula is C13H17NO5. The number of amides is 1. The first-order chi connectivity index (χ1) is 9.02. The van der Waals surface area contributed by atoms with Crippen LogP contribution in [0.15, 0.2) is 18.2 Å². The molecule has 0 bridgehead atoms. The maximum atomic E-state index is 12.3. The molecule has 0 saturated carbocycles. The SMILES string of the molecule is CC1CN(C(=O)c2c(O)cccc2O)CC(CO)O1. The van der Waals surface area contributed by atoms with Crippen molar-refractivity contribution in [3.05, 3.63) is 23.8 Å². The summed E-state index contributed by atoms with van der Waals surface area (Å²) in [6.07, 6.45) is -0.649. The number of phenolic OH excluding ortho intramolecular Hbond substituents is 2. The molecule has 1 amide bonds. The number of hydrogen-bond acceptors (Lipinski definition) is 5. The van der Waals surface area contributed by atoms with E-state index in [9.17, 15) is 15.0 Å². The molecule has 1 saturated heterocycles. The van der Waals surface area contributed by atoms with Crippen LogP contribution in [0.4, 0.5) is 0 Å². The summed E-state index contributed by atoms with van der Waals surface area (Å²) < 4.78 is 5.44. The van der Waals surface area contributed by atoms with Crippen LogP contribution in [-0.2, 0) is 4.74 Å². The number of morpholine rings is 1. The Hall–Kier alpha value is -1.79. The lowest BCUT2D eigenvalue weighted by Gasteiger charge is -2.36. The van der Waals surface area contributed by atoms with E-state index < -0.39 is 12.0 Å². The van der Waals surface area contributed by atoms with Gasteiger partial charge in [-0.25, -0.2) is 0 Å². The second kappa shape index (κ2) is 5.46. The minimum atomic E-state index is -0.468. The largest absolute Gasteiger partial charge is 0.507 e. The van der Waals surface area contributed by atoms with Crippen LogP contribution in [0.2, 0.25) is 0 Å². The molecule has 1 aromatic carbocycles. The van der Waals surface area contributed by atoms with Crippen LogP contribution in [-0.4, -0.2) is 58.0 Å². The molecule has 0 spiro atoms. The van der Waals surface area contributed by atoms with E-state index in [-0.39, 0.29) is 36.3 Å². The third-order valence-electron chi connectivity index (χ3n) is 3.05. The van der Waals surface area contributed by atoms with Crippen molar-refractivity contribution in [3.63, 3.8) is 0 Å². The molecule has 0 radical (unpaired) electrons. The first-order valence-electron chi connectivity index (χ1n) is 6.09. The van der Waals surface area contributed by atoms with Crippen molar-refractivity contribution in [3.8, 4) is 11.5 Å². The van der Waals surface area contributed by atoms with Crippen molar-refractivity contribution in [2.45, 2.75) is 19.1 Å².